The maximum absolute atomic E-state index is 13.0. The van der Waals surface area contributed by atoms with Crippen LogP contribution in [0.1, 0.15) is 59.1 Å². The summed E-state index contributed by atoms with van der Waals surface area (Å²) in [6.45, 7) is 7.31. The van der Waals surface area contributed by atoms with Gasteiger partial charge in [0, 0.05) is 42.4 Å². The molecule has 0 unspecified atom stereocenters. The lowest BCUT2D eigenvalue weighted by atomic mass is 9.97. The van der Waals surface area contributed by atoms with Crippen LogP contribution in [0.4, 0.5) is 5.69 Å². The summed E-state index contributed by atoms with van der Waals surface area (Å²) < 4.78 is 1.84. The number of rotatable bonds is 5. The first kappa shape index (κ1) is 22.0. The summed E-state index contributed by atoms with van der Waals surface area (Å²) in [5, 5.41) is 17.4. The number of piperidine rings is 1. The summed E-state index contributed by atoms with van der Waals surface area (Å²) in [5.41, 5.74) is 2.95. The lowest BCUT2D eigenvalue weighted by molar-refractivity contribution is 0.0650. The highest BCUT2D eigenvalue weighted by molar-refractivity contribution is 6.07. The van der Waals surface area contributed by atoms with E-state index in [0.717, 1.165) is 23.9 Å². The zero-order chi connectivity index (χ0) is 22.8. The topological polar surface area (TPSA) is 100 Å². The summed E-state index contributed by atoms with van der Waals surface area (Å²) in [6.07, 6.45) is 3.33. The minimum Gasteiger partial charge on any atom is -0.396 e. The first-order chi connectivity index (χ1) is 15.4. The Morgan fingerprint density at radius 3 is 2.66 bits per heavy atom. The molecule has 0 saturated carbocycles. The number of amides is 2. The quantitative estimate of drug-likeness (QED) is 0.640. The number of carbonyl (C=O) groups excluding carboxylic acids is 2. The van der Waals surface area contributed by atoms with Gasteiger partial charge in [0.1, 0.15) is 0 Å². The van der Waals surface area contributed by atoms with Crippen LogP contribution in [0.5, 0.6) is 0 Å². The van der Waals surface area contributed by atoms with Gasteiger partial charge in [-0.15, -0.1) is 0 Å². The average molecular weight is 436 g/mol. The second kappa shape index (κ2) is 9.08. The van der Waals surface area contributed by atoms with Crippen molar-refractivity contribution in [2.24, 2.45) is 5.92 Å². The van der Waals surface area contributed by atoms with E-state index < -0.39 is 0 Å². The molecular weight excluding hydrogens is 406 g/mol. The highest BCUT2D eigenvalue weighted by atomic mass is 16.3. The largest absolute Gasteiger partial charge is 0.396 e. The first-order valence-electron chi connectivity index (χ1n) is 11.0. The van der Waals surface area contributed by atoms with E-state index in [2.05, 4.69) is 15.4 Å². The molecule has 2 N–H and O–H groups in total. The Labute approximate surface area is 187 Å². The number of aromatic nitrogens is 3. The van der Waals surface area contributed by atoms with Gasteiger partial charge in [-0.3, -0.25) is 9.59 Å². The molecule has 4 rings (SSSR count). The first-order valence-corrected chi connectivity index (χ1v) is 11.0. The zero-order valence-corrected chi connectivity index (χ0v) is 18.7. The molecule has 8 heteroatoms. The summed E-state index contributed by atoms with van der Waals surface area (Å²) in [6, 6.07) is 8.98. The highest BCUT2D eigenvalue weighted by Crippen LogP contribution is 2.22. The molecule has 2 aromatic heterocycles. The summed E-state index contributed by atoms with van der Waals surface area (Å²) >= 11 is 0. The number of hydrogen-bond donors (Lipinski definition) is 2. The Kier molecular flexibility index (Phi) is 6.23. The van der Waals surface area contributed by atoms with Crippen molar-refractivity contribution in [2.75, 3.05) is 25.0 Å². The van der Waals surface area contributed by atoms with Crippen molar-refractivity contribution < 1.29 is 14.7 Å². The lowest BCUT2D eigenvalue weighted by Crippen LogP contribution is -2.39. The van der Waals surface area contributed by atoms with E-state index in [0.29, 0.717) is 35.6 Å². The van der Waals surface area contributed by atoms with Gasteiger partial charge in [-0.05, 0) is 63.8 Å². The van der Waals surface area contributed by atoms with Crippen molar-refractivity contribution in [1.82, 2.24) is 19.7 Å². The molecule has 3 heterocycles. The number of aryl methyl sites for hydroxylation is 1. The van der Waals surface area contributed by atoms with Gasteiger partial charge in [0.25, 0.3) is 11.8 Å². The van der Waals surface area contributed by atoms with E-state index >= 15 is 0 Å². The van der Waals surface area contributed by atoms with Crippen LogP contribution < -0.4 is 5.32 Å². The maximum atomic E-state index is 13.0. The third-order valence-corrected chi connectivity index (χ3v) is 6.02. The summed E-state index contributed by atoms with van der Waals surface area (Å²) in [5.74, 6) is -0.0630. The Hall–Kier alpha value is -3.26. The number of fused-ring (bicyclic) bond motifs is 1. The standard InChI is InChI=1S/C24H29N5O3/c1-15(2)29-22-19(13-25-29)12-21(16(3)26-22)23(31)27-20-6-4-5-18(11-20)24(32)28-9-7-17(14-30)8-10-28/h4-6,11-13,15,17,30H,7-10,14H2,1-3H3,(H,27,31). The molecule has 32 heavy (non-hydrogen) atoms. The van der Waals surface area contributed by atoms with Crippen molar-refractivity contribution in [2.45, 2.75) is 39.7 Å². The predicted molar refractivity (Wildman–Crippen MR) is 123 cm³/mol. The molecule has 2 amide bonds. The molecule has 0 radical (unpaired) electrons. The third-order valence-electron chi connectivity index (χ3n) is 6.02. The van der Waals surface area contributed by atoms with Crippen molar-refractivity contribution >= 4 is 28.5 Å². The van der Waals surface area contributed by atoms with E-state index in [4.69, 9.17) is 0 Å². The molecule has 0 aliphatic carbocycles. The smallest absolute Gasteiger partial charge is 0.257 e. The molecule has 8 nitrogen and oxygen atoms in total. The van der Waals surface area contributed by atoms with Gasteiger partial charge >= 0.3 is 0 Å². The third kappa shape index (κ3) is 4.36. The van der Waals surface area contributed by atoms with Crippen LogP contribution in [-0.4, -0.2) is 56.3 Å². The molecular formula is C24H29N5O3. The van der Waals surface area contributed by atoms with E-state index in [-0.39, 0.29) is 30.4 Å². The summed E-state index contributed by atoms with van der Waals surface area (Å²) in [7, 11) is 0. The van der Waals surface area contributed by atoms with Gasteiger partial charge < -0.3 is 15.3 Å². The van der Waals surface area contributed by atoms with Crippen LogP contribution in [0.2, 0.25) is 0 Å². The molecule has 1 aliphatic rings. The normalized spacial score (nSPS) is 14.8. The fourth-order valence-corrected chi connectivity index (χ4v) is 4.10. The number of nitrogens with one attached hydrogen (secondary N) is 1. The van der Waals surface area contributed by atoms with Crippen molar-refractivity contribution in [3.05, 3.63) is 53.3 Å². The Balaban J connectivity index is 1.50. The molecule has 168 valence electrons. The van der Waals surface area contributed by atoms with E-state index in [1.54, 1.807) is 36.5 Å². The SMILES string of the molecule is Cc1nc2c(cnn2C(C)C)cc1C(=O)Nc1cccc(C(=O)N2CCC(CO)CC2)c1. The Bertz CT molecular complexity index is 1150. The van der Waals surface area contributed by atoms with Crippen LogP contribution >= 0.6 is 0 Å². The van der Waals surface area contributed by atoms with Gasteiger partial charge in [0.15, 0.2) is 5.65 Å². The average Bonchev–Trinajstić information content (AvgIpc) is 3.21. The Morgan fingerprint density at radius 1 is 1.22 bits per heavy atom. The van der Waals surface area contributed by atoms with Crippen LogP contribution in [0.25, 0.3) is 11.0 Å². The van der Waals surface area contributed by atoms with Gasteiger partial charge in [-0.2, -0.15) is 5.10 Å². The predicted octanol–water partition coefficient (Wildman–Crippen LogP) is 3.42. The molecule has 1 saturated heterocycles. The van der Waals surface area contributed by atoms with E-state index in [9.17, 15) is 14.7 Å². The lowest BCUT2D eigenvalue weighted by Gasteiger charge is -2.31. The number of benzene rings is 1. The van der Waals surface area contributed by atoms with Crippen LogP contribution in [0, 0.1) is 12.8 Å². The molecule has 1 fully saturated rings. The fraction of sp³-hybridized carbons (Fsp3) is 0.417. The highest BCUT2D eigenvalue weighted by Gasteiger charge is 2.23. The second-order valence-corrected chi connectivity index (χ2v) is 8.67. The molecule has 0 bridgehead atoms. The molecule has 3 aromatic rings. The van der Waals surface area contributed by atoms with Crippen molar-refractivity contribution in [3.63, 3.8) is 0 Å². The van der Waals surface area contributed by atoms with Crippen molar-refractivity contribution in [1.29, 1.82) is 0 Å². The van der Waals surface area contributed by atoms with Gasteiger partial charge in [-0.1, -0.05) is 6.07 Å². The zero-order valence-electron chi connectivity index (χ0n) is 18.7. The number of pyridine rings is 1. The van der Waals surface area contributed by atoms with Gasteiger partial charge in [0.2, 0.25) is 0 Å². The van der Waals surface area contributed by atoms with Crippen molar-refractivity contribution in [3.8, 4) is 0 Å². The number of likely N-dealkylation sites (tertiary alicyclic amines) is 1. The number of nitrogens with zero attached hydrogens (tertiary/aromatic N) is 4. The van der Waals surface area contributed by atoms with Gasteiger partial charge in [-0.25, -0.2) is 9.67 Å². The minimum atomic E-state index is -0.275. The minimum absolute atomic E-state index is 0.0575. The van der Waals surface area contributed by atoms with E-state index in [1.807, 2.05) is 30.4 Å². The number of aliphatic hydroxyl groups is 1. The molecule has 0 spiro atoms. The van der Waals surface area contributed by atoms with Gasteiger partial charge in [0.05, 0.1) is 17.5 Å². The number of hydrogen-bond acceptors (Lipinski definition) is 5. The number of aliphatic hydroxyl groups excluding tert-OH is 1. The van der Waals surface area contributed by atoms with E-state index in [1.165, 1.54) is 0 Å². The van der Waals surface area contributed by atoms with Crippen LogP contribution in [0.3, 0.4) is 0 Å². The summed E-state index contributed by atoms with van der Waals surface area (Å²) in [4.78, 5) is 32.3. The molecule has 1 aliphatic heterocycles. The fourth-order valence-electron chi connectivity index (χ4n) is 4.10. The Morgan fingerprint density at radius 2 is 1.97 bits per heavy atom. The second-order valence-electron chi connectivity index (χ2n) is 8.67. The maximum Gasteiger partial charge on any atom is 0.257 e. The monoisotopic (exact) mass is 435 g/mol. The molecule has 1 aromatic carbocycles. The number of carbonyl (C=O) groups is 2. The molecule has 0 atom stereocenters. The van der Waals surface area contributed by atoms with Crippen LogP contribution in [0.15, 0.2) is 36.5 Å². The number of anilines is 1. The van der Waals surface area contributed by atoms with Crippen LogP contribution in [-0.2, 0) is 0 Å².